The third-order valence-corrected chi connectivity index (χ3v) is 8.54. The Balaban J connectivity index is 1.29. The van der Waals surface area contributed by atoms with Gasteiger partial charge in [0.15, 0.2) is 5.95 Å². The Labute approximate surface area is 228 Å². The smallest absolute Gasteiger partial charge is 0.298 e. The lowest BCUT2D eigenvalue weighted by molar-refractivity contribution is -0.705. The van der Waals surface area contributed by atoms with Crippen LogP contribution in [-0.2, 0) is 24.3 Å². The van der Waals surface area contributed by atoms with E-state index in [9.17, 15) is 15.2 Å². The largest absolute Gasteiger partial charge is 0.538 e. The molecule has 1 atom stereocenters. The summed E-state index contributed by atoms with van der Waals surface area (Å²) in [6, 6.07) is 19.5. The minimum Gasteiger partial charge on any atom is -0.538 e. The highest BCUT2D eigenvalue weighted by atomic mass is 32.2. The Morgan fingerprint density at radius 3 is 2.79 bits per heavy atom. The number of benzene rings is 2. The first-order valence-corrected chi connectivity index (χ1v) is 13.7. The van der Waals surface area contributed by atoms with Crippen molar-refractivity contribution in [3.63, 3.8) is 0 Å². The molecule has 2 aromatic carbocycles. The predicted octanol–water partition coefficient (Wildman–Crippen LogP) is 3.64. The van der Waals surface area contributed by atoms with E-state index in [2.05, 4.69) is 33.7 Å². The van der Waals surface area contributed by atoms with Crippen LogP contribution in [0.1, 0.15) is 28.5 Å². The van der Waals surface area contributed by atoms with Gasteiger partial charge in [-0.15, -0.1) is 11.3 Å². The first kappa shape index (κ1) is 25.8. The van der Waals surface area contributed by atoms with Crippen molar-refractivity contribution in [2.24, 2.45) is 0 Å². The minimum atomic E-state index is -0.646. The Morgan fingerprint density at radius 1 is 1.32 bits per heavy atom. The van der Waals surface area contributed by atoms with Crippen LogP contribution < -0.4 is 19.8 Å². The second kappa shape index (κ2) is 11.3. The van der Waals surface area contributed by atoms with E-state index in [0.29, 0.717) is 22.0 Å². The minimum absolute atomic E-state index is 0.181. The fraction of sp³-hybridized carbons (Fsp3) is 0.259. The number of nitrogens with one attached hydrogen (secondary N) is 1. The summed E-state index contributed by atoms with van der Waals surface area (Å²) in [5.74, 6) is -0.279. The molecular formula is C27H25N5O4S2. The van der Waals surface area contributed by atoms with Gasteiger partial charge in [-0.25, -0.2) is 0 Å². The average Bonchev–Trinajstić information content (AvgIpc) is 3.47. The molecule has 0 saturated carbocycles. The summed E-state index contributed by atoms with van der Waals surface area (Å²) in [6.07, 6.45) is 0.754. The summed E-state index contributed by atoms with van der Waals surface area (Å²) in [6.45, 7) is 4.11. The first-order chi connectivity index (χ1) is 18.5. The number of carbonyl (C=O) groups excluding carboxylic acids is 1. The highest BCUT2D eigenvalue weighted by Gasteiger charge is 2.29. The Morgan fingerprint density at radius 2 is 2.08 bits per heavy atom. The molecule has 1 aliphatic rings. The number of hydrogen-bond acceptors (Lipinski definition) is 9. The van der Waals surface area contributed by atoms with E-state index < -0.39 is 11.2 Å². The Kier molecular flexibility index (Phi) is 7.64. The lowest BCUT2D eigenvalue weighted by Crippen LogP contribution is -2.36. The molecule has 38 heavy (non-hydrogen) atoms. The van der Waals surface area contributed by atoms with E-state index >= 15 is 0 Å². The van der Waals surface area contributed by atoms with E-state index in [1.54, 1.807) is 38.3 Å². The van der Waals surface area contributed by atoms with Crippen molar-refractivity contribution in [1.29, 1.82) is 5.26 Å². The van der Waals surface area contributed by atoms with Gasteiger partial charge in [-0.2, -0.15) is 5.26 Å². The van der Waals surface area contributed by atoms with Crippen molar-refractivity contribution in [3.8, 4) is 23.5 Å². The van der Waals surface area contributed by atoms with Gasteiger partial charge in [0.25, 0.3) is 5.03 Å². The normalized spacial score (nSPS) is 13.9. The number of methoxy groups -OCH3 is 1. The zero-order valence-electron chi connectivity index (χ0n) is 20.8. The van der Waals surface area contributed by atoms with E-state index in [4.69, 9.17) is 9.26 Å². The van der Waals surface area contributed by atoms with Crippen LogP contribution in [0.3, 0.4) is 0 Å². The van der Waals surface area contributed by atoms with Crippen LogP contribution in [-0.4, -0.2) is 35.0 Å². The van der Waals surface area contributed by atoms with E-state index in [1.165, 1.54) is 21.6 Å². The monoisotopic (exact) mass is 547 g/mol. The summed E-state index contributed by atoms with van der Waals surface area (Å²) >= 11 is 2.50. The molecule has 0 radical (unpaired) electrons. The van der Waals surface area contributed by atoms with Crippen molar-refractivity contribution in [3.05, 3.63) is 76.2 Å². The number of fused-ring (bicyclic) bond motifs is 1. The third-order valence-electron chi connectivity index (χ3n) is 6.28. The highest BCUT2D eigenvalue weighted by Crippen LogP contribution is 2.38. The lowest BCUT2D eigenvalue weighted by Gasteiger charge is -2.26. The molecule has 3 heterocycles. The molecule has 0 bridgehead atoms. The molecule has 1 N–H and O–H groups in total. The number of hydrogen-bond donors (Lipinski definition) is 1. The maximum atomic E-state index is 13.1. The molecule has 2 aromatic heterocycles. The summed E-state index contributed by atoms with van der Waals surface area (Å²) in [4.78, 5) is 16.6. The summed E-state index contributed by atoms with van der Waals surface area (Å²) in [5.41, 5.74) is 3.38. The number of anilines is 1. The van der Waals surface area contributed by atoms with Crippen LogP contribution in [0.15, 0.2) is 64.1 Å². The van der Waals surface area contributed by atoms with E-state index in [1.807, 2.05) is 18.2 Å². The van der Waals surface area contributed by atoms with Crippen molar-refractivity contribution >= 4 is 34.0 Å². The SMILES string of the molecule is COc1ccc(-[n+]2noc([O-])c2SC(C)C(=O)Nc2sc3c(c2C#N)CCN(Cc2ccccc2)C3)cc1. The molecule has 5 rings (SSSR count). The number of nitrogens with zero attached hydrogens (tertiary/aromatic N) is 4. The van der Waals surface area contributed by atoms with Crippen molar-refractivity contribution in [2.45, 2.75) is 36.7 Å². The second-order valence-corrected chi connectivity index (χ2v) is 11.2. The maximum Gasteiger partial charge on any atom is 0.298 e. The van der Waals surface area contributed by atoms with Crippen LogP contribution in [0.5, 0.6) is 11.7 Å². The summed E-state index contributed by atoms with van der Waals surface area (Å²) < 4.78 is 11.4. The quantitative estimate of drug-likeness (QED) is 0.262. The fourth-order valence-corrected chi connectivity index (χ4v) is 6.42. The van der Waals surface area contributed by atoms with Gasteiger partial charge in [0.05, 0.1) is 23.2 Å². The zero-order chi connectivity index (χ0) is 26.6. The molecule has 0 fully saturated rings. The topological polar surface area (TPSA) is 118 Å². The number of amides is 1. The van der Waals surface area contributed by atoms with Gasteiger partial charge >= 0.3 is 0 Å². The maximum absolute atomic E-state index is 13.1. The number of thioether (sulfide) groups is 1. The van der Waals surface area contributed by atoms with Gasteiger partial charge < -0.3 is 19.7 Å². The van der Waals surface area contributed by atoms with Crippen LogP contribution in [0.25, 0.3) is 5.69 Å². The fourth-order valence-electron chi connectivity index (χ4n) is 4.30. The molecule has 4 aromatic rings. The molecule has 0 saturated heterocycles. The number of nitriles is 1. The first-order valence-electron chi connectivity index (χ1n) is 12.0. The molecule has 1 unspecified atom stereocenters. The van der Waals surface area contributed by atoms with Gasteiger partial charge in [0, 0.05) is 36.6 Å². The zero-order valence-corrected chi connectivity index (χ0v) is 22.5. The molecule has 1 aliphatic heterocycles. The molecule has 9 nitrogen and oxygen atoms in total. The predicted molar refractivity (Wildman–Crippen MR) is 141 cm³/mol. The molecule has 1 amide bonds. The van der Waals surface area contributed by atoms with Gasteiger partial charge in [0.2, 0.25) is 11.6 Å². The summed E-state index contributed by atoms with van der Waals surface area (Å²) in [7, 11) is 1.57. The van der Waals surface area contributed by atoms with Crippen molar-refractivity contribution < 1.29 is 23.8 Å². The average molecular weight is 548 g/mol. The molecule has 11 heteroatoms. The van der Waals surface area contributed by atoms with Gasteiger partial charge in [-0.05, 0) is 53.0 Å². The van der Waals surface area contributed by atoms with Gasteiger partial charge in [0.1, 0.15) is 16.8 Å². The number of aromatic nitrogens is 2. The van der Waals surface area contributed by atoms with Crippen molar-refractivity contribution in [2.75, 3.05) is 19.0 Å². The number of carbonyl (C=O) groups is 1. The van der Waals surface area contributed by atoms with E-state index in [0.717, 1.165) is 48.3 Å². The van der Waals surface area contributed by atoms with Crippen LogP contribution in [0.4, 0.5) is 5.00 Å². The van der Waals surface area contributed by atoms with Crippen LogP contribution >= 0.6 is 23.1 Å². The number of rotatable bonds is 8. The summed E-state index contributed by atoms with van der Waals surface area (Å²) in [5, 5.41) is 29.1. The highest BCUT2D eigenvalue weighted by molar-refractivity contribution is 8.00. The van der Waals surface area contributed by atoms with Gasteiger partial charge in [-0.3, -0.25) is 9.69 Å². The van der Waals surface area contributed by atoms with E-state index in [-0.39, 0.29) is 10.9 Å². The second-order valence-electron chi connectivity index (χ2n) is 8.79. The Hall–Kier alpha value is -3.85. The lowest BCUT2D eigenvalue weighted by atomic mass is 10.0. The third kappa shape index (κ3) is 5.38. The van der Waals surface area contributed by atoms with Crippen molar-refractivity contribution in [1.82, 2.24) is 10.2 Å². The number of thiophene rings is 1. The molecule has 0 aliphatic carbocycles. The molecular weight excluding hydrogens is 522 g/mol. The standard InChI is InChI=1S/C27H25N5O4S2/c1-17(37-26-27(34)36-30-32(26)19-8-10-20(35-2)11-9-19)24(33)29-25-22(14-28)21-12-13-31(16-23(21)38-25)15-18-6-4-3-5-7-18/h3-11,17H,12-13,15-16H2,1-2H3,(H-,29,30,33,34). The Bertz CT molecular complexity index is 1480. The molecule has 194 valence electrons. The number of ether oxygens (including phenoxy) is 1. The van der Waals surface area contributed by atoms with Crippen LogP contribution in [0, 0.1) is 11.3 Å². The molecule has 0 spiro atoms. The van der Waals surface area contributed by atoms with Gasteiger partial charge in [-0.1, -0.05) is 30.3 Å². The van der Waals surface area contributed by atoms with Crippen LogP contribution in [0.2, 0.25) is 0 Å².